The molecule has 0 bridgehead atoms. The van der Waals surface area contributed by atoms with Crippen molar-refractivity contribution in [3.8, 4) is 5.75 Å². The lowest BCUT2D eigenvalue weighted by Gasteiger charge is -2.10. The number of carboxylic acids is 1. The summed E-state index contributed by atoms with van der Waals surface area (Å²) in [5, 5.41) is 9.46. The third-order valence-corrected chi connectivity index (χ3v) is 5.31. The van der Waals surface area contributed by atoms with Crippen molar-refractivity contribution in [2.75, 3.05) is 6.61 Å². The summed E-state index contributed by atoms with van der Waals surface area (Å²) in [6.07, 6.45) is -4.60. The molecule has 10 heteroatoms. The molecule has 0 spiro atoms. The number of carboxylic acid groups (broad SMARTS) is 1. The van der Waals surface area contributed by atoms with Gasteiger partial charge in [-0.25, -0.2) is 4.79 Å². The Morgan fingerprint density at radius 2 is 1.97 bits per heavy atom. The number of fused-ring (bicyclic) bond motifs is 1. The van der Waals surface area contributed by atoms with E-state index in [1.54, 1.807) is 18.2 Å². The largest absolute Gasteiger partial charge is 0.494 e. The van der Waals surface area contributed by atoms with E-state index in [-0.39, 0.29) is 10.4 Å². The molecule has 3 rings (SSSR count). The molecular weight excluding hydrogens is 421 g/mol. The van der Waals surface area contributed by atoms with Gasteiger partial charge in [0.25, 0.3) is 5.91 Å². The zero-order valence-electron chi connectivity index (χ0n) is 15.9. The second kappa shape index (κ2) is 8.31. The summed E-state index contributed by atoms with van der Waals surface area (Å²) in [5.41, 5.74) is -0.686. The van der Waals surface area contributed by atoms with Crippen LogP contribution in [0.2, 0.25) is 0 Å². The number of aliphatic carboxylic acids is 1. The van der Waals surface area contributed by atoms with Crippen LogP contribution in [0.25, 0.3) is 10.2 Å². The monoisotopic (exact) mass is 438 g/mol. The van der Waals surface area contributed by atoms with E-state index in [4.69, 9.17) is 4.74 Å². The minimum Gasteiger partial charge on any atom is -0.494 e. The third-order valence-electron chi connectivity index (χ3n) is 4.29. The number of carbonyl (C=O) groups is 2. The summed E-state index contributed by atoms with van der Waals surface area (Å²) < 4.78 is 46.2. The minimum absolute atomic E-state index is 0.0657. The Bertz CT molecular complexity index is 1180. The van der Waals surface area contributed by atoms with E-state index >= 15 is 0 Å². The molecule has 0 aliphatic rings. The number of hydrogen-bond donors (Lipinski definition) is 1. The molecule has 2 aromatic carbocycles. The average Bonchev–Trinajstić information content (AvgIpc) is 3.03. The van der Waals surface area contributed by atoms with Crippen LogP contribution in [0.3, 0.4) is 0 Å². The molecule has 0 radical (unpaired) electrons. The van der Waals surface area contributed by atoms with Crippen molar-refractivity contribution < 1.29 is 32.6 Å². The first kappa shape index (κ1) is 21.6. The maximum Gasteiger partial charge on any atom is 0.416 e. The number of hydrogen-bond acceptors (Lipinski definition) is 4. The second-order valence-corrected chi connectivity index (χ2v) is 7.34. The van der Waals surface area contributed by atoms with Crippen LogP contribution in [0.1, 0.15) is 35.8 Å². The number of amides is 1. The van der Waals surface area contributed by atoms with Crippen LogP contribution in [0, 0.1) is 0 Å². The molecule has 3 aromatic rings. The number of carbonyl (C=O) groups excluding carboxylic acids is 1. The predicted molar refractivity (Wildman–Crippen MR) is 105 cm³/mol. The average molecular weight is 438 g/mol. The molecule has 0 saturated carbocycles. The number of rotatable bonds is 5. The van der Waals surface area contributed by atoms with Gasteiger partial charge < -0.3 is 14.4 Å². The molecule has 0 aliphatic carbocycles. The first-order valence-electron chi connectivity index (χ1n) is 8.89. The number of aromatic nitrogens is 1. The van der Waals surface area contributed by atoms with Crippen molar-refractivity contribution in [2.45, 2.75) is 26.1 Å². The molecule has 1 heterocycles. The fourth-order valence-corrected chi connectivity index (χ4v) is 3.95. The Labute approximate surface area is 172 Å². The third kappa shape index (κ3) is 4.38. The van der Waals surface area contributed by atoms with Crippen molar-refractivity contribution >= 4 is 33.4 Å². The first-order valence-corrected chi connectivity index (χ1v) is 9.70. The fraction of sp³-hybridized carbons (Fsp3) is 0.250. The van der Waals surface area contributed by atoms with Gasteiger partial charge in [0.2, 0.25) is 0 Å². The molecule has 1 unspecified atom stereocenters. The zero-order chi connectivity index (χ0) is 22.1. The lowest BCUT2D eigenvalue weighted by Crippen LogP contribution is -2.25. The van der Waals surface area contributed by atoms with Crippen LogP contribution in [0.5, 0.6) is 5.75 Å². The van der Waals surface area contributed by atoms with Crippen molar-refractivity contribution in [3.05, 3.63) is 58.4 Å². The highest BCUT2D eigenvalue weighted by atomic mass is 32.1. The zero-order valence-corrected chi connectivity index (χ0v) is 16.8. The topological polar surface area (TPSA) is 80.9 Å². The highest BCUT2D eigenvalue weighted by Gasteiger charge is 2.31. The molecule has 158 valence electrons. The minimum atomic E-state index is -4.60. The van der Waals surface area contributed by atoms with E-state index < -0.39 is 29.7 Å². The van der Waals surface area contributed by atoms with Crippen molar-refractivity contribution in [3.63, 3.8) is 0 Å². The summed E-state index contributed by atoms with van der Waals surface area (Å²) in [4.78, 5) is 28.2. The number of benzene rings is 2. The highest BCUT2D eigenvalue weighted by Crippen LogP contribution is 2.30. The van der Waals surface area contributed by atoms with Crippen LogP contribution in [0.15, 0.2) is 47.5 Å². The Kier molecular flexibility index (Phi) is 5.97. The van der Waals surface area contributed by atoms with Crippen molar-refractivity contribution in [1.29, 1.82) is 0 Å². The Morgan fingerprint density at radius 3 is 2.60 bits per heavy atom. The summed E-state index contributed by atoms with van der Waals surface area (Å²) >= 11 is 1.05. The first-order chi connectivity index (χ1) is 14.1. The quantitative estimate of drug-likeness (QED) is 0.636. The SMILES string of the molecule is CCOc1ccc2c(c1)sc(=NC(=O)c1cccc(C(F)(F)F)c1)n2C(C)C(=O)O. The van der Waals surface area contributed by atoms with Crippen LogP contribution in [-0.2, 0) is 11.0 Å². The normalized spacial score (nSPS) is 13.4. The maximum absolute atomic E-state index is 12.9. The number of ether oxygens (including phenoxy) is 1. The van der Waals surface area contributed by atoms with E-state index in [0.717, 1.165) is 29.5 Å². The van der Waals surface area contributed by atoms with E-state index in [0.29, 0.717) is 22.6 Å². The predicted octanol–water partition coefficient (Wildman–Crippen LogP) is 4.51. The summed E-state index contributed by atoms with van der Waals surface area (Å²) in [6, 6.07) is 7.90. The molecule has 1 amide bonds. The van der Waals surface area contributed by atoms with Gasteiger partial charge in [-0.05, 0) is 50.2 Å². The lowest BCUT2D eigenvalue weighted by molar-refractivity contribution is -0.140. The van der Waals surface area contributed by atoms with E-state index in [1.165, 1.54) is 17.6 Å². The standard InChI is InChI=1S/C20H17F3N2O4S/c1-3-29-14-7-8-15-16(10-14)30-19(25(15)11(2)18(27)28)24-17(26)12-5-4-6-13(9-12)20(21,22)23/h4-11H,3H2,1-2H3,(H,27,28). The summed E-state index contributed by atoms with van der Waals surface area (Å²) in [7, 11) is 0. The van der Waals surface area contributed by atoms with Gasteiger partial charge in [-0.15, -0.1) is 0 Å². The number of alkyl halides is 3. The van der Waals surface area contributed by atoms with Crippen molar-refractivity contribution in [2.24, 2.45) is 4.99 Å². The van der Waals surface area contributed by atoms with Gasteiger partial charge in [0, 0.05) is 5.56 Å². The second-order valence-electron chi connectivity index (χ2n) is 6.33. The molecule has 1 N–H and O–H groups in total. The summed E-state index contributed by atoms with van der Waals surface area (Å²) in [5.74, 6) is -1.47. The fourth-order valence-electron chi connectivity index (χ4n) is 2.82. The molecule has 0 aliphatic heterocycles. The van der Waals surface area contributed by atoms with Gasteiger partial charge in [0.15, 0.2) is 4.80 Å². The number of halogens is 3. The molecule has 30 heavy (non-hydrogen) atoms. The molecule has 0 fully saturated rings. The van der Waals surface area contributed by atoms with Crippen LogP contribution in [0.4, 0.5) is 13.2 Å². The van der Waals surface area contributed by atoms with Gasteiger partial charge in [0.1, 0.15) is 11.8 Å². The lowest BCUT2D eigenvalue weighted by atomic mass is 10.1. The van der Waals surface area contributed by atoms with Crippen LogP contribution < -0.4 is 9.54 Å². The molecule has 0 saturated heterocycles. The highest BCUT2D eigenvalue weighted by molar-refractivity contribution is 7.16. The van der Waals surface area contributed by atoms with E-state index in [2.05, 4.69) is 4.99 Å². The summed E-state index contributed by atoms with van der Waals surface area (Å²) in [6.45, 7) is 3.69. The van der Waals surface area contributed by atoms with Gasteiger partial charge in [-0.3, -0.25) is 4.79 Å². The van der Waals surface area contributed by atoms with E-state index in [9.17, 15) is 27.9 Å². The molecular formula is C20H17F3N2O4S. The van der Waals surface area contributed by atoms with Gasteiger partial charge >= 0.3 is 12.1 Å². The smallest absolute Gasteiger partial charge is 0.416 e. The van der Waals surface area contributed by atoms with Gasteiger partial charge in [0.05, 0.1) is 22.4 Å². The van der Waals surface area contributed by atoms with E-state index in [1.807, 2.05) is 6.92 Å². The van der Waals surface area contributed by atoms with Gasteiger partial charge in [-0.2, -0.15) is 18.2 Å². The number of thiazole rings is 1. The van der Waals surface area contributed by atoms with Crippen LogP contribution >= 0.6 is 11.3 Å². The molecule has 1 aromatic heterocycles. The Morgan fingerprint density at radius 1 is 1.23 bits per heavy atom. The maximum atomic E-state index is 12.9. The van der Waals surface area contributed by atoms with Gasteiger partial charge in [-0.1, -0.05) is 17.4 Å². The Hall–Kier alpha value is -3.14. The molecule has 1 atom stereocenters. The van der Waals surface area contributed by atoms with Crippen LogP contribution in [-0.4, -0.2) is 28.2 Å². The number of nitrogens with zero attached hydrogens (tertiary/aromatic N) is 2. The molecule has 6 nitrogen and oxygen atoms in total. The Balaban J connectivity index is 2.16. The van der Waals surface area contributed by atoms with Crippen molar-refractivity contribution in [1.82, 2.24) is 4.57 Å².